The third kappa shape index (κ3) is 1.77. The highest BCUT2D eigenvalue weighted by Gasteiger charge is 2.47. The SMILES string of the molecule is C=C(Br)CN1CC2CCCC2(CN)C1. The lowest BCUT2D eigenvalue weighted by Crippen LogP contribution is -2.35. The van der Waals surface area contributed by atoms with E-state index < -0.39 is 0 Å². The molecule has 2 fully saturated rings. The summed E-state index contributed by atoms with van der Waals surface area (Å²) in [7, 11) is 0. The smallest absolute Gasteiger partial charge is 0.0294 e. The molecule has 2 N–H and O–H groups in total. The van der Waals surface area contributed by atoms with Crippen molar-refractivity contribution < 1.29 is 0 Å². The molecule has 0 bridgehead atoms. The molecule has 0 aromatic carbocycles. The van der Waals surface area contributed by atoms with E-state index in [1.54, 1.807) is 0 Å². The van der Waals surface area contributed by atoms with Crippen molar-refractivity contribution in [2.24, 2.45) is 17.1 Å². The Morgan fingerprint density at radius 2 is 2.43 bits per heavy atom. The molecule has 0 aromatic heterocycles. The van der Waals surface area contributed by atoms with E-state index in [1.807, 2.05) is 0 Å². The van der Waals surface area contributed by atoms with E-state index in [4.69, 9.17) is 5.73 Å². The summed E-state index contributed by atoms with van der Waals surface area (Å²) in [6, 6.07) is 0. The normalized spacial score (nSPS) is 37.4. The van der Waals surface area contributed by atoms with Crippen molar-refractivity contribution in [2.75, 3.05) is 26.2 Å². The molecule has 3 heteroatoms. The molecule has 2 rings (SSSR count). The maximum Gasteiger partial charge on any atom is 0.0294 e. The van der Waals surface area contributed by atoms with Gasteiger partial charge in [0.15, 0.2) is 0 Å². The third-order valence-electron chi connectivity index (χ3n) is 3.91. The summed E-state index contributed by atoms with van der Waals surface area (Å²) in [5.41, 5.74) is 6.39. The Kier molecular flexibility index (Phi) is 3.01. The van der Waals surface area contributed by atoms with E-state index in [-0.39, 0.29) is 0 Å². The summed E-state index contributed by atoms with van der Waals surface area (Å²) in [4.78, 5) is 2.49. The third-order valence-corrected chi connectivity index (χ3v) is 4.16. The van der Waals surface area contributed by atoms with Gasteiger partial charge in [0.05, 0.1) is 0 Å². The van der Waals surface area contributed by atoms with E-state index in [2.05, 4.69) is 27.4 Å². The lowest BCUT2D eigenvalue weighted by Gasteiger charge is -2.26. The molecule has 14 heavy (non-hydrogen) atoms. The average Bonchev–Trinajstić information content (AvgIpc) is 2.59. The average molecular weight is 259 g/mol. The lowest BCUT2D eigenvalue weighted by molar-refractivity contribution is 0.258. The monoisotopic (exact) mass is 258 g/mol. The predicted octanol–water partition coefficient (Wildman–Crippen LogP) is 1.96. The first-order valence-corrected chi connectivity index (χ1v) is 6.21. The summed E-state index contributed by atoms with van der Waals surface area (Å²) in [5, 5.41) is 0. The fourth-order valence-electron chi connectivity index (χ4n) is 3.22. The molecule has 2 aliphatic rings. The van der Waals surface area contributed by atoms with Crippen LogP contribution < -0.4 is 5.73 Å². The van der Waals surface area contributed by atoms with Gasteiger partial charge in [0.25, 0.3) is 0 Å². The minimum absolute atomic E-state index is 0.447. The van der Waals surface area contributed by atoms with Crippen LogP contribution in [0.5, 0.6) is 0 Å². The van der Waals surface area contributed by atoms with Crippen LogP contribution in [-0.2, 0) is 0 Å². The molecule has 1 aliphatic carbocycles. The zero-order chi connectivity index (χ0) is 10.2. The van der Waals surface area contributed by atoms with Crippen LogP contribution in [0.15, 0.2) is 11.1 Å². The summed E-state index contributed by atoms with van der Waals surface area (Å²) in [6.45, 7) is 8.16. The zero-order valence-corrected chi connectivity index (χ0v) is 10.2. The van der Waals surface area contributed by atoms with E-state index in [0.717, 1.165) is 23.5 Å². The predicted molar refractivity (Wildman–Crippen MR) is 63.3 cm³/mol. The Balaban J connectivity index is 2.01. The highest BCUT2D eigenvalue weighted by atomic mass is 79.9. The van der Waals surface area contributed by atoms with Crippen LogP contribution in [0, 0.1) is 11.3 Å². The first-order chi connectivity index (χ1) is 6.66. The molecule has 2 atom stereocenters. The van der Waals surface area contributed by atoms with Crippen molar-refractivity contribution in [1.29, 1.82) is 0 Å². The second kappa shape index (κ2) is 3.95. The highest BCUT2D eigenvalue weighted by molar-refractivity contribution is 9.11. The summed E-state index contributed by atoms with van der Waals surface area (Å²) >= 11 is 3.44. The molecule has 0 spiro atoms. The number of nitrogens with two attached hydrogens (primary N) is 1. The number of nitrogens with zero attached hydrogens (tertiary/aromatic N) is 1. The fraction of sp³-hybridized carbons (Fsp3) is 0.818. The Hall–Kier alpha value is 0.140. The minimum Gasteiger partial charge on any atom is -0.330 e. The summed E-state index contributed by atoms with van der Waals surface area (Å²) in [6.07, 6.45) is 4.09. The van der Waals surface area contributed by atoms with Gasteiger partial charge >= 0.3 is 0 Å². The summed E-state index contributed by atoms with van der Waals surface area (Å²) in [5.74, 6) is 0.847. The fourth-order valence-corrected chi connectivity index (χ4v) is 3.58. The molecule has 1 saturated heterocycles. The number of likely N-dealkylation sites (tertiary alicyclic amines) is 1. The van der Waals surface area contributed by atoms with Crippen LogP contribution in [0.25, 0.3) is 0 Å². The van der Waals surface area contributed by atoms with E-state index >= 15 is 0 Å². The van der Waals surface area contributed by atoms with Gasteiger partial charge < -0.3 is 5.73 Å². The molecule has 1 heterocycles. The quantitative estimate of drug-likeness (QED) is 0.839. The van der Waals surface area contributed by atoms with Crippen LogP contribution in [0.2, 0.25) is 0 Å². The lowest BCUT2D eigenvalue weighted by atomic mass is 9.81. The van der Waals surface area contributed by atoms with Crippen LogP contribution in [0.4, 0.5) is 0 Å². The molecular formula is C11H19BrN2. The summed E-state index contributed by atoms with van der Waals surface area (Å²) < 4.78 is 1.09. The highest BCUT2D eigenvalue weighted by Crippen LogP contribution is 2.47. The topological polar surface area (TPSA) is 29.3 Å². The van der Waals surface area contributed by atoms with Gasteiger partial charge in [-0.1, -0.05) is 28.9 Å². The Bertz CT molecular complexity index is 241. The Morgan fingerprint density at radius 1 is 1.64 bits per heavy atom. The van der Waals surface area contributed by atoms with Gasteiger partial charge in [-0.2, -0.15) is 0 Å². The molecule has 0 radical (unpaired) electrons. The zero-order valence-electron chi connectivity index (χ0n) is 8.64. The molecule has 0 amide bonds. The standard InChI is InChI=1S/C11H19BrN2/c1-9(12)5-14-6-10-3-2-4-11(10,7-13)8-14/h10H,1-8,13H2. The molecule has 2 unspecified atom stereocenters. The first kappa shape index (κ1) is 10.7. The van der Waals surface area contributed by atoms with E-state index in [9.17, 15) is 0 Å². The maximum atomic E-state index is 5.94. The number of fused-ring (bicyclic) bond motifs is 1. The largest absolute Gasteiger partial charge is 0.330 e. The number of halogens is 1. The molecule has 0 aromatic rings. The van der Waals surface area contributed by atoms with Gasteiger partial charge in [0, 0.05) is 24.1 Å². The molecule has 2 nitrogen and oxygen atoms in total. The van der Waals surface area contributed by atoms with Crippen molar-refractivity contribution >= 4 is 15.9 Å². The van der Waals surface area contributed by atoms with Crippen molar-refractivity contribution in [2.45, 2.75) is 19.3 Å². The van der Waals surface area contributed by atoms with Gasteiger partial charge in [-0.3, -0.25) is 4.90 Å². The van der Waals surface area contributed by atoms with E-state index in [1.165, 1.54) is 32.4 Å². The van der Waals surface area contributed by atoms with Crippen molar-refractivity contribution in [3.63, 3.8) is 0 Å². The van der Waals surface area contributed by atoms with Gasteiger partial charge in [-0.15, -0.1) is 0 Å². The van der Waals surface area contributed by atoms with Crippen LogP contribution in [-0.4, -0.2) is 31.1 Å². The maximum absolute atomic E-state index is 5.94. The Labute approximate surface area is 94.7 Å². The molecular weight excluding hydrogens is 240 g/mol. The number of hydrogen-bond acceptors (Lipinski definition) is 2. The van der Waals surface area contributed by atoms with Crippen molar-refractivity contribution in [1.82, 2.24) is 4.90 Å². The molecule has 1 aliphatic heterocycles. The number of hydrogen-bond donors (Lipinski definition) is 1. The van der Waals surface area contributed by atoms with Crippen LogP contribution in [0.1, 0.15) is 19.3 Å². The van der Waals surface area contributed by atoms with Gasteiger partial charge in [0.2, 0.25) is 0 Å². The second-order valence-electron chi connectivity index (χ2n) is 4.84. The van der Waals surface area contributed by atoms with Gasteiger partial charge in [-0.05, 0) is 30.7 Å². The van der Waals surface area contributed by atoms with Crippen molar-refractivity contribution in [3.05, 3.63) is 11.1 Å². The van der Waals surface area contributed by atoms with Crippen LogP contribution >= 0.6 is 15.9 Å². The minimum atomic E-state index is 0.447. The number of rotatable bonds is 3. The van der Waals surface area contributed by atoms with E-state index in [0.29, 0.717) is 5.41 Å². The second-order valence-corrected chi connectivity index (χ2v) is 5.96. The first-order valence-electron chi connectivity index (χ1n) is 5.42. The van der Waals surface area contributed by atoms with Gasteiger partial charge in [0.1, 0.15) is 0 Å². The molecule has 80 valence electrons. The van der Waals surface area contributed by atoms with Gasteiger partial charge in [-0.25, -0.2) is 0 Å². The van der Waals surface area contributed by atoms with Crippen LogP contribution in [0.3, 0.4) is 0 Å². The van der Waals surface area contributed by atoms with Crippen molar-refractivity contribution in [3.8, 4) is 0 Å². The Morgan fingerprint density at radius 3 is 3.00 bits per heavy atom. The molecule has 1 saturated carbocycles.